The number of hydrogen-bond donors (Lipinski definition) is 1. The van der Waals surface area contributed by atoms with E-state index < -0.39 is 0 Å². The van der Waals surface area contributed by atoms with Gasteiger partial charge >= 0.3 is 0 Å². The van der Waals surface area contributed by atoms with Crippen LogP contribution in [-0.4, -0.2) is 11.5 Å². The maximum Gasteiger partial charge on any atom is 0.0741 e. The summed E-state index contributed by atoms with van der Waals surface area (Å²) in [5.41, 5.74) is 6.61. The summed E-state index contributed by atoms with van der Waals surface area (Å²) in [7, 11) is 0. The molecule has 0 unspecified atom stereocenters. The number of halogens is 1. The summed E-state index contributed by atoms with van der Waals surface area (Å²) in [5, 5.41) is 14.4. The number of pyridine rings is 1. The molecule has 1 heterocycles. The molecular formula is C27H34ClN3. The summed E-state index contributed by atoms with van der Waals surface area (Å²) in [6, 6.07) is 8.38. The van der Waals surface area contributed by atoms with E-state index in [0.29, 0.717) is 18.3 Å². The Balaban J connectivity index is 1.42. The second-order valence-corrected chi connectivity index (χ2v) is 9.87. The van der Waals surface area contributed by atoms with Gasteiger partial charge in [-0.3, -0.25) is 4.98 Å². The summed E-state index contributed by atoms with van der Waals surface area (Å²) >= 11 is 6.30. The number of unbranched alkanes of at least 4 members (excludes halogenated alkanes) is 7. The quantitative estimate of drug-likeness (QED) is 0.304. The van der Waals surface area contributed by atoms with E-state index in [1.54, 1.807) is 0 Å². The predicted octanol–water partition coefficient (Wildman–Crippen LogP) is 7.94. The van der Waals surface area contributed by atoms with Gasteiger partial charge in [-0.05, 0) is 69.1 Å². The lowest BCUT2D eigenvalue weighted by Crippen LogP contribution is -2.24. The van der Waals surface area contributed by atoms with E-state index in [-0.39, 0.29) is 0 Å². The normalized spacial score (nSPS) is 19.6. The molecule has 1 N–H and O–H groups in total. The number of nitrogens with zero attached hydrogens (tertiary/aromatic N) is 2. The topological polar surface area (TPSA) is 48.7 Å². The highest BCUT2D eigenvalue weighted by atomic mass is 35.5. The molecule has 0 spiro atoms. The number of rotatable bonds is 10. The van der Waals surface area contributed by atoms with Gasteiger partial charge in [-0.25, -0.2) is 0 Å². The number of hydrogen-bond acceptors (Lipinski definition) is 3. The maximum atomic E-state index is 8.60. The van der Waals surface area contributed by atoms with Crippen LogP contribution in [0.1, 0.15) is 88.3 Å². The molecule has 2 bridgehead atoms. The minimum Gasteiger partial charge on any atom is -0.384 e. The van der Waals surface area contributed by atoms with Crippen LogP contribution in [0.2, 0.25) is 5.02 Å². The van der Waals surface area contributed by atoms with E-state index in [0.717, 1.165) is 36.3 Å². The minimum absolute atomic E-state index is 0.585. The van der Waals surface area contributed by atoms with Crippen molar-refractivity contribution in [3.63, 3.8) is 0 Å². The Bertz CT molecular complexity index is 988. The van der Waals surface area contributed by atoms with E-state index >= 15 is 0 Å². The summed E-state index contributed by atoms with van der Waals surface area (Å²) in [5.74, 6) is 1.22. The van der Waals surface area contributed by atoms with E-state index in [9.17, 15) is 0 Å². The van der Waals surface area contributed by atoms with Crippen molar-refractivity contribution in [1.29, 1.82) is 5.26 Å². The number of aromatic nitrogens is 1. The highest BCUT2D eigenvalue weighted by molar-refractivity contribution is 6.31. The lowest BCUT2D eigenvalue weighted by molar-refractivity contribution is 0.433. The van der Waals surface area contributed by atoms with Crippen molar-refractivity contribution in [3.8, 4) is 6.07 Å². The summed E-state index contributed by atoms with van der Waals surface area (Å²) in [6.45, 7) is 3.29. The number of benzene rings is 1. The zero-order chi connectivity index (χ0) is 21.6. The molecule has 0 fully saturated rings. The van der Waals surface area contributed by atoms with Crippen LogP contribution in [0.15, 0.2) is 29.8 Å². The van der Waals surface area contributed by atoms with Gasteiger partial charge in [0, 0.05) is 40.3 Å². The molecule has 4 heteroatoms. The van der Waals surface area contributed by atoms with Crippen LogP contribution in [0.4, 0.5) is 5.69 Å². The van der Waals surface area contributed by atoms with Gasteiger partial charge in [0.25, 0.3) is 0 Å². The first-order valence-electron chi connectivity index (χ1n) is 12.1. The second kappa shape index (κ2) is 10.5. The average molecular weight is 436 g/mol. The van der Waals surface area contributed by atoms with Gasteiger partial charge in [0.2, 0.25) is 0 Å². The molecule has 0 saturated heterocycles. The molecular weight excluding hydrogens is 402 g/mol. The number of allylic oxidation sites excluding steroid dienone is 2. The molecule has 2 aliphatic rings. The van der Waals surface area contributed by atoms with E-state index in [1.165, 1.54) is 72.8 Å². The summed E-state index contributed by atoms with van der Waals surface area (Å²) < 4.78 is 0. The van der Waals surface area contributed by atoms with Gasteiger partial charge in [-0.1, -0.05) is 55.4 Å². The Morgan fingerprint density at radius 1 is 1.10 bits per heavy atom. The van der Waals surface area contributed by atoms with Gasteiger partial charge in [0.15, 0.2) is 0 Å². The lowest BCUT2D eigenvalue weighted by Gasteiger charge is -2.36. The molecule has 0 amide bonds. The van der Waals surface area contributed by atoms with E-state index in [1.807, 2.05) is 12.1 Å². The molecule has 3 nitrogen and oxygen atoms in total. The summed E-state index contributed by atoms with van der Waals surface area (Å²) in [4.78, 5) is 5.07. The van der Waals surface area contributed by atoms with Crippen molar-refractivity contribution in [2.45, 2.75) is 83.5 Å². The molecule has 0 saturated carbocycles. The SMILES string of the molecule is CC1=C[C@@H]2Cc3nc4cc(Cl)ccc4c(NCCCCCCCCCC#N)c3[C@H](C1)C2. The van der Waals surface area contributed by atoms with Crippen LogP contribution >= 0.6 is 11.6 Å². The first-order valence-corrected chi connectivity index (χ1v) is 12.4. The fourth-order valence-corrected chi connectivity index (χ4v) is 5.67. The largest absolute Gasteiger partial charge is 0.384 e. The van der Waals surface area contributed by atoms with Crippen molar-refractivity contribution in [2.75, 3.05) is 11.9 Å². The van der Waals surface area contributed by atoms with Crippen LogP contribution in [0.5, 0.6) is 0 Å². The fourth-order valence-electron chi connectivity index (χ4n) is 5.50. The third kappa shape index (κ3) is 5.42. The molecule has 4 rings (SSSR count). The standard InChI is InChI=1S/C27H34ClN3/c1-19-14-20-16-21(15-19)26-25(17-20)31-24-18-22(28)10-11-23(24)27(26)30-13-9-7-5-3-2-4-6-8-12-29/h10-11,14,18,20-21H,2-9,13,15-17H2,1H3,(H,30,31)/t20-,21+/m0/s1. The predicted molar refractivity (Wildman–Crippen MR) is 131 cm³/mol. The number of nitrogens with one attached hydrogen (secondary N) is 1. The van der Waals surface area contributed by atoms with Crippen LogP contribution in [0.25, 0.3) is 10.9 Å². The Hall–Kier alpha value is -2.05. The smallest absolute Gasteiger partial charge is 0.0741 e. The summed E-state index contributed by atoms with van der Waals surface area (Å²) in [6.07, 6.45) is 15.2. The van der Waals surface area contributed by atoms with Gasteiger partial charge in [0.05, 0.1) is 11.6 Å². The molecule has 2 aromatic rings. The van der Waals surface area contributed by atoms with Gasteiger partial charge < -0.3 is 5.32 Å². The van der Waals surface area contributed by atoms with Crippen LogP contribution in [-0.2, 0) is 6.42 Å². The van der Waals surface area contributed by atoms with Crippen LogP contribution in [0, 0.1) is 17.2 Å². The molecule has 2 atom stereocenters. The fraction of sp³-hybridized carbons (Fsp3) is 0.556. The Morgan fingerprint density at radius 3 is 2.68 bits per heavy atom. The molecule has 1 aromatic carbocycles. The lowest BCUT2D eigenvalue weighted by atomic mass is 9.71. The number of fused-ring (bicyclic) bond motifs is 5. The van der Waals surface area contributed by atoms with Gasteiger partial charge in [0.1, 0.15) is 0 Å². The van der Waals surface area contributed by atoms with Crippen molar-refractivity contribution in [1.82, 2.24) is 4.98 Å². The first-order chi connectivity index (χ1) is 15.2. The van der Waals surface area contributed by atoms with Crippen LogP contribution in [0.3, 0.4) is 0 Å². The monoisotopic (exact) mass is 435 g/mol. The third-order valence-corrected chi connectivity index (χ3v) is 7.11. The highest BCUT2D eigenvalue weighted by Crippen LogP contribution is 2.47. The zero-order valence-corrected chi connectivity index (χ0v) is 19.5. The Labute approximate surface area is 191 Å². The number of anilines is 1. The zero-order valence-electron chi connectivity index (χ0n) is 18.7. The maximum absolute atomic E-state index is 8.60. The molecule has 164 valence electrons. The first kappa shape index (κ1) is 22.2. The highest BCUT2D eigenvalue weighted by Gasteiger charge is 2.33. The van der Waals surface area contributed by atoms with Gasteiger partial charge in [-0.15, -0.1) is 0 Å². The Kier molecular flexibility index (Phi) is 7.51. The number of nitriles is 1. The van der Waals surface area contributed by atoms with E-state index in [2.05, 4.69) is 30.5 Å². The minimum atomic E-state index is 0.585. The Morgan fingerprint density at radius 2 is 1.87 bits per heavy atom. The average Bonchev–Trinajstić information content (AvgIpc) is 2.73. The molecule has 2 aliphatic carbocycles. The van der Waals surface area contributed by atoms with Crippen LogP contribution < -0.4 is 5.32 Å². The molecule has 0 radical (unpaired) electrons. The third-order valence-electron chi connectivity index (χ3n) is 6.87. The van der Waals surface area contributed by atoms with E-state index in [4.69, 9.17) is 21.8 Å². The molecule has 0 aliphatic heterocycles. The molecule has 1 aromatic heterocycles. The van der Waals surface area contributed by atoms with Crippen molar-refractivity contribution in [2.24, 2.45) is 5.92 Å². The second-order valence-electron chi connectivity index (χ2n) is 9.43. The molecule has 31 heavy (non-hydrogen) atoms. The van der Waals surface area contributed by atoms with Crippen molar-refractivity contribution in [3.05, 3.63) is 46.1 Å². The van der Waals surface area contributed by atoms with Gasteiger partial charge in [-0.2, -0.15) is 5.26 Å². The van der Waals surface area contributed by atoms with Crippen molar-refractivity contribution < 1.29 is 0 Å². The van der Waals surface area contributed by atoms with Crippen molar-refractivity contribution >= 4 is 28.2 Å².